The largest absolute Gasteiger partial charge is 0.514 e. The van der Waals surface area contributed by atoms with Crippen molar-refractivity contribution in [1.82, 2.24) is 4.90 Å². The maximum absolute atomic E-state index is 12.4. The number of para-hydroxylation sites is 1. The van der Waals surface area contributed by atoms with Gasteiger partial charge in [-0.1, -0.05) is 18.2 Å². The van der Waals surface area contributed by atoms with Crippen molar-refractivity contribution in [1.29, 1.82) is 0 Å². The highest BCUT2D eigenvalue weighted by Crippen LogP contribution is 2.27. The number of amides is 1. The van der Waals surface area contributed by atoms with Crippen LogP contribution in [0.15, 0.2) is 30.3 Å². The van der Waals surface area contributed by atoms with E-state index in [1.54, 1.807) is 39.0 Å². The topological polar surface area (TPSA) is 55.8 Å². The second-order valence-electron chi connectivity index (χ2n) is 7.28. The Morgan fingerprint density at radius 1 is 1.08 bits per heavy atom. The molecule has 0 N–H and O–H groups in total. The first-order chi connectivity index (χ1) is 11.8. The zero-order valence-electron chi connectivity index (χ0n) is 15.5. The van der Waals surface area contributed by atoms with E-state index >= 15 is 0 Å². The van der Waals surface area contributed by atoms with Crippen molar-refractivity contribution in [2.45, 2.75) is 52.6 Å². The van der Waals surface area contributed by atoms with Gasteiger partial charge < -0.3 is 14.4 Å². The molecule has 1 fully saturated rings. The predicted molar refractivity (Wildman–Crippen MR) is 97.4 cm³/mol. The second-order valence-corrected chi connectivity index (χ2v) is 7.28. The zero-order chi connectivity index (χ0) is 18.4. The van der Waals surface area contributed by atoms with Crippen molar-refractivity contribution < 1.29 is 19.1 Å². The lowest BCUT2D eigenvalue weighted by molar-refractivity contribution is -0.126. The molecular formula is C20H27NO4. The molecule has 0 aliphatic carbocycles. The van der Waals surface area contributed by atoms with Gasteiger partial charge in [0.25, 0.3) is 0 Å². The number of benzene rings is 1. The maximum atomic E-state index is 12.4. The molecule has 5 heteroatoms. The normalized spacial score (nSPS) is 15.7. The minimum atomic E-state index is -0.755. The van der Waals surface area contributed by atoms with E-state index in [-0.39, 0.29) is 5.91 Å². The molecule has 5 nitrogen and oxygen atoms in total. The molecule has 0 saturated carbocycles. The Morgan fingerprint density at radius 2 is 1.72 bits per heavy atom. The fraction of sp³-hybridized carbons (Fsp3) is 0.500. The first-order valence-corrected chi connectivity index (χ1v) is 8.74. The number of rotatable bonds is 3. The van der Waals surface area contributed by atoms with Gasteiger partial charge in [0.1, 0.15) is 11.4 Å². The summed E-state index contributed by atoms with van der Waals surface area (Å²) in [6, 6.07) is 7.15. The Balaban J connectivity index is 2.14. The summed E-state index contributed by atoms with van der Waals surface area (Å²) in [7, 11) is 0. The summed E-state index contributed by atoms with van der Waals surface area (Å²) >= 11 is 0. The van der Waals surface area contributed by atoms with Gasteiger partial charge in [-0.2, -0.15) is 0 Å². The van der Waals surface area contributed by atoms with Crippen LogP contribution < -0.4 is 4.74 Å². The lowest BCUT2D eigenvalue weighted by atomic mass is 10.1. The molecule has 1 aromatic rings. The van der Waals surface area contributed by atoms with Crippen LogP contribution in [0.1, 0.15) is 52.5 Å². The van der Waals surface area contributed by atoms with Gasteiger partial charge in [0, 0.05) is 24.7 Å². The standard InChI is InChI=1S/C20H27NO4/c1-15(14-18(22)21-12-8-5-9-13-21)16-10-6-7-11-17(16)24-19(23)25-20(2,3)4/h6-7,10-11,14H,5,8-9,12-13H2,1-4H3. The van der Waals surface area contributed by atoms with E-state index in [0.29, 0.717) is 11.3 Å². The molecule has 136 valence electrons. The van der Waals surface area contributed by atoms with Crippen LogP contribution in [0.5, 0.6) is 5.75 Å². The van der Waals surface area contributed by atoms with Gasteiger partial charge in [-0.15, -0.1) is 0 Å². The van der Waals surface area contributed by atoms with Gasteiger partial charge in [-0.25, -0.2) is 4.79 Å². The number of ether oxygens (including phenoxy) is 2. The van der Waals surface area contributed by atoms with Crippen molar-refractivity contribution in [3.05, 3.63) is 35.9 Å². The minimum absolute atomic E-state index is 0.00395. The second kappa shape index (κ2) is 8.19. The Kier molecular flexibility index (Phi) is 6.23. The van der Waals surface area contributed by atoms with Crippen molar-refractivity contribution in [2.24, 2.45) is 0 Å². The number of carbonyl (C=O) groups excluding carboxylic acids is 2. The zero-order valence-corrected chi connectivity index (χ0v) is 15.5. The first-order valence-electron chi connectivity index (χ1n) is 8.74. The van der Waals surface area contributed by atoms with E-state index < -0.39 is 11.8 Å². The van der Waals surface area contributed by atoms with Gasteiger partial charge in [0.05, 0.1) is 0 Å². The summed E-state index contributed by atoms with van der Waals surface area (Å²) < 4.78 is 10.5. The SMILES string of the molecule is CC(=CC(=O)N1CCCCC1)c1ccccc1OC(=O)OC(C)(C)C. The van der Waals surface area contributed by atoms with E-state index in [1.165, 1.54) is 6.42 Å². The van der Waals surface area contributed by atoms with E-state index in [1.807, 2.05) is 24.0 Å². The number of hydrogen-bond donors (Lipinski definition) is 0. The number of likely N-dealkylation sites (tertiary alicyclic amines) is 1. The summed E-state index contributed by atoms with van der Waals surface area (Å²) in [4.78, 5) is 26.2. The number of allylic oxidation sites excluding steroid dienone is 1. The maximum Gasteiger partial charge on any atom is 0.514 e. The molecular weight excluding hydrogens is 318 g/mol. The summed E-state index contributed by atoms with van der Waals surface area (Å²) in [6.45, 7) is 8.80. The highest BCUT2D eigenvalue weighted by atomic mass is 16.7. The molecule has 1 saturated heterocycles. The molecule has 1 heterocycles. The quantitative estimate of drug-likeness (QED) is 0.462. The average Bonchev–Trinajstić information content (AvgIpc) is 2.54. The van der Waals surface area contributed by atoms with Crippen molar-refractivity contribution >= 4 is 17.6 Å². The molecule has 1 aliphatic heterocycles. The third kappa shape index (κ3) is 5.93. The molecule has 0 spiro atoms. The van der Waals surface area contributed by atoms with Crippen LogP contribution in [0.2, 0.25) is 0 Å². The van der Waals surface area contributed by atoms with Crippen molar-refractivity contribution in [2.75, 3.05) is 13.1 Å². The lowest BCUT2D eigenvalue weighted by Crippen LogP contribution is -2.34. The number of piperidine rings is 1. The third-order valence-corrected chi connectivity index (χ3v) is 3.90. The molecule has 1 aromatic carbocycles. The van der Waals surface area contributed by atoms with Gasteiger partial charge in [-0.05, 0) is 58.6 Å². The van der Waals surface area contributed by atoms with Crippen LogP contribution in [0, 0.1) is 0 Å². The lowest BCUT2D eigenvalue weighted by Gasteiger charge is -2.25. The number of hydrogen-bond acceptors (Lipinski definition) is 4. The molecule has 0 unspecified atom stereocenters. The van der Waals surface area contributed by atoms with E-state index in [4.69, 9.17) is 9.47 Å². The summed E-state index contributed by atoms with van der Waals surface area (Å²) in [5.41, 5.74) is 0.842. The van der Waals surface area contributed by atoms with Gasteiger partial charge >= 0.3 is 6.16 Å². The van der Waals surface area contributed by atoms with Crippen LogP contribution >= 0.6 is 0 Å². The highest BCUT2D eigenvalue weighted by Gasteiger charge is 2.20. The fourth-order valence-electron chi connectivity index (χ4n) is 2.71. The van der Waals surface area contributed by atoms with Gasteiger partial charge in [-0.3, -0.25) is 4.79 Å². The summed E-state index contributed by atoms with van der Waals surface area (Å²) in [6.07, 6.45) is 4.14. The van der Waals surface area contributed by atoms with Crippen LogP contribution in [0.4, 0.5) is 4.79 Å². The molecule has 0 radical (unpaired) electrons. The Morgan fingerprint density at radius 3 is 2.36 bits per heavy atom. The monoisotopic (exact) mass is 345 g/mol. The number of carbonyl (C=O) groups is 2. The molecule has 0 bridgehead atoms. The highest BCUT2D eigenvalue weighted by molar-refractivity contribution is 5.95. The fourth-order valence-corrected chi connectivity index (χ4v) is 2.71. The van der Waals surface area contributed by atoms with Crippen LogP contribution in [0.25, 0.3) is 5.57 Å². The van der Waals surface area contributed by atoms with E-state index in [9.17, 15) is 9.59 Å². The van der Waals surface area contributed by atoms with Crippen LogP contribution in [-0.4, -0.2) is 35.7 Å². The molecule has 0 atom stereocenters. The van der Waals surface area contributed by atoms with Crippen molar-refractivity contribution in [3.63, 3.8) is 0 Å². The van der Waals surface area contributed by atoms with Gasteiger partial charge in [0.2, 0.25) is 5.91 Å². The smallest absolute Gasteiger partial charge is 0.428 e. The third-order valence-electron chi connectivity index (χ3n) is 3.90. The van der Waals surface area contributed by atoms with Crippen LogP contribution in [0.3, 0.4) is 0 Å². The predicted octanol–water partition coefficient (Wildman–Crippen LogP) is 4.42. The molecule has 1 aliphatic rings. The Bertz CT molecular complexity index is 652. The Labute approximate surface area is 149 Å². The van der Waals surface area contributed by atoms with E-state index in [2.05, 4.69) is 0 Å². The molecule has 2 rings (SSSR count). The van der Waals surface area contributed by atoms with E-state index in [0.717, 1.165) is 31.5 Å². The van der Waals surface area contributed by atoms with Crippen molar-refractivity contribution in [3.8, 4) is 5.75 Å². The first kappa shape index (κ1) is 19.0. The summed E-state index contributed by atoms with van der Waals surface area (Å²) in [5, 5.41) is 0. The molecule has 25 heavy (non-hydrogen) atoms. The van der Waals surface area contributed by atoms with Crippen LogP contribution in [-0.2, 0) is 9.53 Å². The van der Waals surface area contributed by atoms with Gasteiger partial charge in [0.15, 0.2) is 0 Å². The minimum Gasteiger partial charge on any atom is -0.428 e. The molecule has 1 amide bonds. The number of nitrogens with zero attached hydrogens (tertiary/aromatic N) is 1. The average molecular weight is 345 g/mol. The molecule has 0 aromatic heterocycles. The summed E-state index contributed by atoms with van der Waals surface area (Å²) in [5.74, 6) is 0.390. The Hall–Kier alpha value is -2.30.